The number of ether oxygens (including phenoxy) is 7. The summed E-state index contributed by atoms with van der Waals surface area (Å²) in [4.78, 5) is 29.7. The van der Waals surface area contributed by atoms with Crippen molar-refractivity contribution in [1.82, 2.24) is 4.90 Å². The molecule has 45 heavy (non-hydrogen) atoms. The van der Waals surface area contributed by atoms with E-state index in [-0.39, 0.29) is 70.7 Å². The number of carbonyl (C=O) groups is 2. The number of hydrogen-bond acceptors (Lipinski definition) is 10. The summed E-state index contributed by atoms with van der Waals surface area (Å²) in [5, 5.41) is 0. The van der Waals surface area contributed by atoms with Crippen LogP contribution in [0.5, 0.6) is 5.75 Å². The van der Waals surface area contributed by atoms with E-state index in [2.05, 4.69) is 11.8 Å². The molecule has 1 spiro atoms. The predicted molar refractivity (Wildman–Crippen MR) is 163 cm³/mol. The van der Waals surface area contributed by atoms with Crippen LogP contribution in [0.25, 0.3) is 0 Å². The van der Waals surface area contributed by atoms with Crippen LogP contribution in [0, 0.1) is 40.4 Å². The molecule has 1 aromatic carbocycles. The molecule has 10 nitrogen and oxygen atoms in total. The van der Waals surface area contributed by atoms with Crippen molar-refractivity contribution in [3.8, 4) is 5.75 Å². The molecule has 0 amide bonds. The zero-order valence-corrected chi connectivity index (χ0v) is 27.7. The molecule has 6 fully saturated rings. The maximum absolute atomic E-state index is 13.8. The Labute approximate surface area is 266 Å². The molecule has 1 aromatic rings. The molecule has 5 aliphatic carbocycles. The molecule has 7 bridgehead atoms. The van der Waals surface area contributed by atoms with E-state index in [9.17, 15) is 9.59 Å². The molecule has 1 saturated heterocycles. The smallest absolute Gasteiger partial charge is 0.338 e. The molecule has 0 N–H and O–H groups in total. The number of fused-ring (bicyclic) bond motifs is 2. The minimum absolute atomic E-state index is 0.0203. The summed E-state index contributed by atoms with van der Waals surface area (Å²) in [6, 6.07) is 7.07. The Hall–Kier alpha value is -2.24. The van der Waals surface area contributed by atoms with Crippen molar-refractivity contribution >= 4 is 11.9 Å². The number of esters is 2. The molecule has 248 valence electrons. The Morgan fingerprint density at radius 1 is 0.978 bits per heavy atom. The fraction of sp³-hybridized carbons (Fsp3) is 0.771. The fourth-order valence-corrected chi connectivity index (χ4v) is 12.4. The highest BCUT2D eigenvalue weighted by Gasteiger charge is 2.88. The van der Waals surface area contributed by atoms with Crippen LogP contribution in [0.1, 0.15) is 49.9 Å². The van der Waals surface area contributed by atoms with Gasteiger partial charge in [0.2, 0.25) is 0 Å². The average Bonchev–Trinajstić information content (AvgIpc) is 3.46. The van der Waals surface area contributed by atoms with Gasteiger partial charge in [-0.3, -0.25) is 9.69 Å². The number of benzene rings is 1. The van der Waals surface area contributed by atoms with Crippen molar-refractivity contribution in [2.75, 3.05) is 55.2 Å². The summed E-state index contributed by atoms with van der Waals surface area (Å²) in [5.74, 6) is -0.299. The third-order valence-corrected chi connectivity index (χ3v) is 13.2. The minimum atomic E-state index is -0.947. The molecule has 4 unspecified atom stereocenters. The lowest BCUT2D eigenvalue weighted by Crippen LogP contribution is -2.77. The Morgan fingerprint density at radius 2 is 1.73 bits per heavy atom. The van der Waals surface area contributed by atoms with Gasteiger partial charge in [0.15, 0.2) is 0 Å². The highest BCUT2D eigenvalue weighted by atomic mass is 16.6. The standard InChI is InChI=1S/C35H49NO9/c1-8-36-17-33(18-39-3)14-13-25(42-6)35-23-15-22-24(41-5)16-34(45-19(2)37,27(31(35)36)29(43-7)30(33)35)26(23)28(22)44-32(38)20-9-11-21(40-4)12-10-20/h9-12,22-31H,8,13-18H2,1-7H3/t22-,23-,24+,25+,26?,27?,28-,29+,30-,31?,33+,34-,35?/m1/s1. The predicted octanol–water partition coefficient (Wildman–Crippen LogP) is 3.60. The topological polar surface area (TPSA) is 102 Å². The first-order valence-electron chi connectivity index (χ1n) is 16.6. The van der Waals surface area contributed by atoms with Gasteiger partial charge in [-0.05, 0) is 56.0 Å². The molecule has 13 atom stereocenters. The van der Waals surface area contributed by atoms with E-state index in [1.807, 2.05) is 14.2 Å². The van der Waals surface area contributed by atoms with Crippen molar-refractivity contribution in [3.05, 3.63) is 29.8 Å². The van der Waals surface area contributed by atoms with Crippen LogP contribution in [-0.4, -0.2) is 108 Å². The first kappa shape index (κ1) is 31.4. The van der Waals surface area contributed by atoms with Gasteiger partial charge in [0, 0.05) is 88.9 Å². The van der Waals surface area contributed by atoms with Gasteiger partial charge >= 0.3 is 11.9 Å². The van der Waals surface area contributed by atoms with E-state index >= 15 is 0 Å². The second-order valence-corrected chi connectivity index (χ2v) is 14.4. The average molecular weight is 628 g/mol. The lowest BCUT2D eigenvalue weighted by molar-refractivity contribution is -0.280. The van der Waals surface area contributed by atoms with Crippen LogP contribution in [0.3, 0.4) is 0 Å². The molecule has 7 rings (SSSR count). The number of carbonyl (C=O) groups excluding carboxylic acids is 2. The SMILES string of the molecule is CCN1C[C@]2(COC)CC[C@H](OC)C34C1C([C@H](OC)[C@@H]32)[C@@]1(OC(C)=O)C[C@H](OC)[C@H]2C[C@@H]4C1[C@@H]2OC(=O)c1ccc(OC)cc1. The Bertz CT molecular complexity index is 1310. The van der Waals surface area contributed by atoms with Gasteiger partial charge in [-0.25, -0.2) is 4.79 Å². The van der Waals surface area contributed by atoms with Crippen molar-refractivity contribution in [2.24, 2.45) is 40.4 Å². The van der Waals surface area contributed by atoms with Crippen LogP contribution in [0.15, 0.2) is 24.3 Å². The second kappa shape index (κ2) is 11.2. The molecule has 1 heterocycles. The van der Waals surface area contributed by atoms with Gasteiger partial charge in [0.05, 0.1) is 37.6 Å². The second-order valence-electron chi connectivity index (χ2n) is 14.4. The van der Waals surface area contributed by atoms with E-state index in [0.29, 0.717) is 24.3 Å². The Balaban J connectivity index is 1.43. The van der Waals surface area contributed by atoms with Crippen molar-refractivity contribution in [2.45, 2.75) is 75.6 Å². The van der Waals surface area contributed by atoms with Gasteiger partial charge in [-0.2, -0.15) is 0 Å². The minimum Gasteiger partial charge on any atom is -0.497 e. The third-order valence-electron chi connectivity index (χ3n) is 13.2. The van der Waals surface area contributed by atoms with Crippen LogP contribution in [0.4, 0.5) is 0 Å². The molecular formula is C35H49NO9. The van der Waals surface area contributed by atoms with Gasteiger partial charge in [0.25, 0.3) is 0 Å². The van der Waals surface area contributed by atoms with E-state index in [1.165, 1.54) is 6.92 Å². The Morgan fingerprint density at radius 3 is 2.33 bits per heavy atom. The molecule has 6 aliphatic rings. The zero-order valence-electron chi connectivity index (χ0n) is 27.7. The van der Waals surface area contributed by atoms with E-state index in [4.69, 9.17) is 33.2 Å². The van der Waals surface area contributed by atoms with Crippen molar-refractivity contribution in [1.29, 1.82) is 0 Å². The third kappa shape index (κ3) is 3.98. The van der Waals surface area contributed by atoms with Crippen LogP contribution in [-0.2, 0) is 33.2 Å². The number of nitrogens with zero attached hydrogens (tertiary/aromatic N) is 1. The summed E-state index contributed by atoms with van der Waals surface area (Å²) in [6.45, 7) is 6.11. The first-order chi connectivity index (χ1) is 21.7. The number of piperidine rings is 1. The van der Waals surface area contributed by atoms with Crippen LogP contribution < -0.4 is 4.74 Å². The molecule has 10 heteroatoms. The summed E-state index contributed by atoms with van der Waals surface area (Å²) in [7, 11) is 8.77. The van der Waals surface area contributed by atoms with Crippen molar-refractivity contribution < 1.29 is 42.7 Å². The molecule has 5 saturated carbocycles. The fourth-order valence-electron chi connectivity index (χ4n) is 12.4. The molecule has 0 aromatic heterocycles. The van der Waals surface area contributed by atoms with Gasteiger partial charge in [-0.1, -0.05) is 6.92 Å². The first-order valence-corrected chi connectivity index (χ1v) is 16.6. The molecular weight excluding hydrogens is 578 g/mol. The summed E-state index contributed by atoms with van der Waals surface area (Å²) < 4.78 is 44.1. The zero-order chi connectivity index (χ0) is 31.9. The van der Waals surface area contributed by atoms with E-state index < -0.39 is 17.7 Å². The number of rotatable bonds is 10. The number of hydrogen-bond donors (Lipinski definition) is 0. The largest absolute Gasteiger partial charge is 0.497 e. The summed E-state index contributed by atoms with van der Waals surface area (Å²) >= 11 is 0. The quantitative estimate of drug-likeness (QED) is 0.358. The van der Waals surface area contributed by atoms with Crippen LogP contribution >= 0.6 is 0 Å². The van der Waals surface area contributed by atoms with E-state index in [0.717, 1.165) is 32.4 Å². The highest BCUT2D eigenvalue weighted by molar-refractivity contribution is 5.89. The molecule has 0 radical (unpaired) electrons. The number of likely N-dealkylation sites (tertiary alicyclic amines) is 1. The van der Waals surface area contributed by atoms with Gasteiger partial charge < -0.3 is 33.2 Å². The molecule has 1 aliphatic heterocycles. The normalized spacial score (nSPS) is 45.7. The highest BCUT2D eigenvalue weighted by Crippen LogP contribution is 2.80. The van der Waals surface area contributed by atoms with Crippen LogP contribution in [0.2, 0.25) is 0 Å². The van der Waals surface area contributed by atoms with Crippen molar-refractivity contribution in [3.63, 3.8) is 0 Å². The lowest BCUT2D eigenvalue weighted by Gasteiger charge is -2.69. The summed E-state index contributed by atoms with van der Waals surface area (Å²) in [5.41, 5.74) is -0.937. The number of methoxy groups -OCH3 is 5. The maximum atomic E-state index is 13.8. The maximum Gasteiger partial charge on any atom is 0.338 e. The Kier molecular flexibility index (Phi) is 7.80. The monoisotopic (exact) mass is 627 g/mol. The lowest BCUT2D eigenvalue weighted by atomic mass is 9.43. The summed E-state index contributed by atoms with van der Waals surface area (Å²) in [6.07, 6.45) is 2.27. The van der Waals surface area contributed by atoms with E-state index in [1.54, 1.807) is 45.6 Å². The van der Waals surface area contributed by atoms with Gasteiger partial charge in [-0.15, -0.1) is 0 Å². The van der Waals surface area contributed by atoms with Gasteiger partial charge in [0.1, 0.15) is 17.5 Å².